The van der Waals surface area contributed by atoms with Crippen LogP contribution in [-0.4, -0.2) is 61.9 Å². The molecule has 0 bridgehead atoms. The van der Waals surface area contributed by atoms with Gasteiger partial charge in [-0.15, -0.1) is 0 Å². The molecule has 4 saturated carbocycles. The Labute approximate surface area is 219 Å². The summed E-state index contributed by atoms with van der Waals surface area (Å²) in [5.41, 5.74) is 0. The van der Waals surface area contributed by atoms with Gasteiger partial charge in [-0.2, -0.15) is 0 Å². The van der Waals surface area contributed by atoms with Crippen molar-refractivity contribution in [3.05, 3.63) is 0 Å². The molecule has 4 aliphatic carbocycles. The van der Waals surface area contributed by atoms with Crippen LogP contribution in [0.5, 0.6) is 0 Å². The van der Waals surface area contributed by atoms with E-state index in [-0.39, 0.29) is 17.7 Å². The number of aliphatic hydroxyl groups is 1. The van der Waals surface area contributed by atoms with Gasteiger partial charge in [-0.05, 0) is 108 Å². The van der Waals surface area contributed by atoms with Crippen LogP contribution in [0.25, 0.3) is 0 Å². The van der Waals surface area contributed by atoms with E-state index < -0.39 is 0 Å². The summed E-state index contributed by atoms with van der Waals surface area (Å²) in [5, 5.41) is 9.55. The molecular weight excluding hydrogens is 456 g/mol. The molecule has 2 saturated heterocycles. The van der Waals surface area contributed by atoms with E-state index in [1.165, 1.54) is 64.2 Å². The van der Waals surface area contributed by atoms with Crippen molar-refractivity contribution in [1.82, 2.24) is 0 Å². The van der Waals surface area contributed by atoms with E-state index in [0.29, 0.717) is 6.10 Å². The highest BCUT2D eigenvalue weighted by Gasteiger charge is 2.43. The summed E-state index contributed by atoms with van der Waals surface area (Å²) in [4.78, 5) is 0. The summed E-state index contributed by atoms with van der Waals surface area (Å²) in [5.74, 6) is 3.14. The first-order chi connectivity index (χ1) is 17.6. The van der Waals surface area contributed by atoms with Gasteiger partial charge in [0.1, 0.15) is 0 Å². The van der Waals surface area contributed by atoms with E-state index in [1.54, 1.807) is 0 Å². The maximum absolute atomic E-state index is 9.55. The molecule has 6 aliphatic rings. The Morgan fingerprint density at radius 3 is 1.31 bits per heavy atom. The molecule has 0 unspecified atom stereocenters. The van der Waals surface area contributed by atoms with Crippen molar-refractivity contribution in [3.63, 3.8) is 0 Å². The molecule has 6 fully saturated rings. The zero-order valence-electron chi connectivity index (χ0n) is 22.8. The molecule has 0 amide bonds. The van der Waals surface area contributed by atoms with Crippen LogP contribution in [0.2, 0.25) is 0 Å². The van der Waals surface area contributed by atoms with Crippen molar-refractivity contribution in [2.24, 2.45) is 23.7 Å². The Bertz CT molecular complexity index is 622. The molecule has 0 aromatic rings. The van der Waals surface area contributed by atoms with Crippen molar-refractivity contribution in [2.75, 3.05) is 33.0 Å². The fraction of sp³-hybridized carbons (Fsp3) is 1.00. The zero-order valence-corrected chi connectivity index (χ0v) is 22.8. The lowest BCUT2D eigenvalue weighted by atomic mass is 9.71. The van der Waals surface area contributed by atoms with Crippen LogP contribution < -0.4 is 0 Å². The van der Waals surface area contributed by atoms with Crippen molar-refractivity contribution >= 4 is 0 Å². The SMILES string of the molecule is CCOC1CCC(C2CCC3(CC2)OCCO3)CC1.OC1CCC(C2CCC3(CC2)OCCO3)CC1. The highest BCUT2D eigenvalue weighted by molar-refractivity contribution is 4.88. The minimum absolute atomic E-state index is 0.0253. The second-order valence-corrected chi connectivity index (χ2v) is 12.5. The highest BCUT2D eigenvalue weighted by atomic mass is 16.7. The Morgan fingerprint density at radius 1 is 0.556 bits per heavy atom. The van der Waals surface area contributed by atoms with Gasteiger partial charge in [0.15, 0.2) is 11.6 Å². The van der Waals surface area contributed by atoms with Crippen LogP contribution >= 0.6 is 0 Å². The van der Waals surface area contributed by atoms with Gasteiger partial charge in [0, 0.05) is 32.3 Å². The van der Waals surface area contributed by atoms with Gasteiger partial charge in [-0.25, -0.2) is 0 Å². The first kappa shape index (κ1) is 27.3. The molecule has 208 valence electrons. The van der Waals surface area contributed by atoms with Crippen molar-refractivity contribution in [3.8, 4) is 0 Å². The average molecular weight is 509 g/mol. The lowest BCUT2D eigenvalue weighted by Crippen LogP contribution is -2.38. The standard InChI is InChI=1S/C16H28O3.C14H24O3/c1-2-17-15-5-3-13(4-6-15)14-7-9-16(10-8-14)18-11-12-19-16;15-13-3-1-11(2-4-13)12-5-7-14(8-6-12)16-9-10-17-14/h13-15H,2-12H2,1H3;11-13,15H,1-10H2. The monoisotopic (exact) mass is 508 g/mol. The van der Waals surface area contributed by atoms with E-state index in [0.717, 1.165) is 95.2 Å². The van der Waals surface area contributed by atoms with Gasteiger partial charge in [0.25, 0.3) is 0 Å². The summed E-state index contributed by atoms with van der Waals surface area (Å²) >= 11 is 0. The molecule has 2 heterocycles. The molecule has 0 aromatic carbocycles. The third-order valence-corrected chi connectivity index (χ3v) is 10.4. The summed E-state index contributed by atoms with van der Waals surface area (Å²) in [6.45, 7) is 6.12. The van der Waals surface area contributed by atoms with Crippen LogP contribution in [0.3, 0.4) is 0 Å². The molecule has 2 spiro atoms. The maximum Gasteiger partial charge on any atom is 0.168 e. The second kappa shape index (κ2) is 12.7. The summed E-state index contributed by atoms with van der Waals surface area (Å²) in [6.07, 6.45) is 19.7. The molecule has 1 N–H and O–H groups in total. The fourth-order valence-electron chi connectivity index (χ4n) is 8.21. The topological polar surface area (TPSA) is 66.4 Å². The van der Waals surface area contributed by atoms with Crippen LogP contribution in [0.15, 0.2) is 0 Å². The van der Waals surface area contributed by atoms with Gasteiger partial charge in [-0.3, -0.25) is 0 Å². The van der Waals surface area contributed by atoms with E-state index >= 15 is 0 Å². The third-order valence-electron chi connectivity index (χ3n) is 10.4. The number of ether oxygens (including phenoxy) is 5. The minimum atomic E-state index is -0.204. The minimum Gasteiger partial charge on any atom is -0.393 e. The average Bonchev–Trinajstić information content (AvgIpc) is 3.57. The largest absolute Gasteiger partial charge is 0.393 e. The summed E-state index contributed by atoms with van der Waals surface area (Å²) in [6, 6.07) is 0. The second-order valence-electron chi connectivity index (χ2n) is 12.5. The van der Waals surface area contributed by atoms with Gasteiger partial charge in [-0.1, -0.05) is 0 Å². The smallest absolute Gasteiger partial charge is 0.168 e. The van der Waals surface area contributed by atoms with Gasteiger partial charge in [0.2, 0.25) is 0 Å². The molecule has 0 atom stereocenters. The number of rotatable bonds is 4. The van der Waals surface area contributed by atoms with Crippen molar-refractivity contribution in [1.29, 1.82) is 0 Å². The van der Waals surface area contributed by atoms with E-state index in [9.17, 15) is 5.11 Å². The Kier molecular flexibility index (Phi) is 9.67. The van der Waals surface area contributed by atoms with Crippen LogP contribution in [0, 0.1) is 23.7 Å². The zero-order chi connectivity index (χ0) is 24.8. The van der Waals surface area contributed by atoms with Gasteiger partial charge < -0.3 is 28.8 Å². The molecular formula is C30H52O6. The van der Waals surface area contributed by atoms with E-state index in [1.807, 2.05) is 0 Å². The first-order valence-electron chi connectivity index (χ1n) is 15.4. The van der Waals surface area contributed by atoms with Crippen LogP contribution in [0.4, 0.5) is 0 Å². The molecule has 0 radical (unpaired) electrons. The lowest BCUT2D eigenvalue weighted by molar-refractivity contribution is -0.186. The fourth-order valence-corrected chi connectivity index (χ4v) is 8.21. The Hall–Kier alpha value is -0.240. The Morgan fingerprint density at radius 2 is 0.917 bits per heavy atom. The molecule has 2 aliphatic heterocycles. The van der Waals surface area contributed by atoms with E-state index in [4.69, 9.17) is 23.7 Å². The molecule has 36 heavy (non-hydrogen) atoms. The molecule has 6 rings (SSSR count). The van der Waals surface area contributed by atoms with Gasteiger partial charge in [0.05, 0.1) is 38.6 Å². The summed E-state index contributed by atoms with van der Waals surface area (Å²) < 4.78 is 28.9. The van der Waals surface area contributed by atoms with E-state index in [2.05, 4.69) is 6.92 Å². The third kappa shape index (κ3) is 6.84. The quantitative estimate of drug-likeness (QED) is 0.503. The maximum atomic E-state index is 9.55. The summed E-state index contributed by atoms with van der Waals surface area (Å²) in [7, 11) is 0. The lowest BCUT2D eigenvalue weighted by Gasteiger charge is -2.40. The molecule has 0 aromatic heterocycles. The van der Waals surface area contributed by atoms with Crippen LogP contribution in [0.1, 0.15) is 110 Å². The number of aliphatic hydroxyl groups excluding tert-OH is 1. The highest BCUT2D eigenvalue weighted by Crippen LogP contribution is 2.45. The predicted molar refractivity (Wildman–Crippen MR) is 139 cm³/mol. The first-order valence-corrected chi connectivity index (χ1v) is 15.4. The van der Waals surface area contributed by atoms with Crippen molar-refractivity contribution < 1.29 is 28.8 Å². The predicted octanol–water partition coefficient (Wildman–Crippen LogP) is 5.99. The Balaban J connectivity index is 0.000000149. The molecule has 6 heteroatoms. The van der Waals surface area contributed by atoms with Crippen LogP contribution in [-0.2, 0) is 23.7 Å². The normalized spacial score (nSPS) is 38.7. The van der Waals surface area contributed by atoms with Crippen molar-refractivity contribution in [2.45, 2.75) is 133 Å². The molecule has 6 nitrogen and oxygen atoms in total. The number of hydrogen-bond acceptors (Lipinski definition) is 6. The van der Waals surface area contributed by atoms with Gasteiger partial charge >= 0.3 is 0 Å². The number of hydrogen-bond donors (Lipinski definition) is 1.